The summed E-state index contributed by atoms with van der Waals surface area (Å²) >= 11 is 6.03. The summed E-state index contributed by atoms with van der Waals surface area (Å²) in [5.41, 5.74) is 2.01. The molecular weight excluding hydrogens is 234 g/mol. The lowest BCUT2D eigenvalue weighted by Gasteiger charge is -2.01. The Morgan fingerprint density at radius 3 is 2.76 bits per heavy atom. The van der Waals surface area contributed by atoms with Gasteiger partial charge >= 0.3 is 0 Å². The lowest BCUT2D eigenvalue weighted by molar-refractivity contribution is 0.729. The molecule has 0 N–H and O–H groups in total. The molecule has 0 radical (unpaired) electrons. The average molecular weight is 252 g/mol. The second-order valence-corrected chi connectivity index (χ2v) is 3.80. The zero-order valence-electron chi connectivity index (χ0n) is 10.6. The summed E-state index contributed by atoms with van der Waals surface area (Å²) in [6, 6.07) is 0. The van der Waals surface area contributed by atoms with Crippen molar-refractivity contribution in [2.24, 2.45) is 0 Å². The number of hydrogen-bond acceptors (Lipinski definition) is 2. The molecule has 0 aliphatic carbocycles. The van der Waals surface area contributed by atoms with Crippen LogP contribution >= 0.6 is 11.6 Å². The first-order chi connectivity index (χ1) is 8.24. The number of aryl methyl sites for hydroxylation is 2. The zero-order valence-corrected chi connectivity index (χ0v) is 11.3. The van der Waals surface area contributed by atoms with Crippen molar-refractivity contribution in [1.29, 1.82) is 0 Å². The molecule has 0 spiro atoms. The maximum atomic E-state index is 6.03. The van der Waals surface area contributed by atoms with Crippen molar-refractivity contribution in [2.75, 3.05) is 0 Å². The molecule has 0 saturated carbocycles. The summed E-state index contributed by atoms with van der Waals surface area (Å²) < 4.78 is 2.08. The van der Waals surface area contributed by atoms with Crippen molar-refractivity contribution >= 4 is 22.6 Å². The van der Waals surface area contributed by atoms with Crippen molar-refractivity contribution in [3.05, 3.63) is 35.9 Å². The van der Waals surface area contributed by atoms with E-state index in [2.05, 4.69) is 27.3 Å². The number of fused-ring (bicyclic) bond motifs is 1. The van der Waals surface area contributed by atoms with E-state index < -0.39 is 0 Å². The van der Waals surface area contributed by atoms with E-state index >= 15 is 0 Å². The van der Waals surface area contributed by atoms with Gasteiger partial charge < -0.3 is 4.57 Å². The Labute approximate surface area is 107 Å². The largest absolute Gasteiger partial charge is 0.332 e. The van der Waals surface area contributed by atoms with Crippen LogP contribution in [0.1, 0.15) is 25.8 Å². The van der Waals surface area contributed by atoms with Crippen LogP contribution in [0, 0.1) is 6.92 Å². The van der Waals surface area contributed by atoms with Gasteiger partial charge in [-0.15, -0.1) is 6.58 Å². The first-order valence-corrected chi connectivity index (χ1v) is 6.18. The second-order valence-electron chi connectivity index (χ2n) is 3.45. The van der Waals surface area contributed by atoms with Crippen molar-refractivity contribution in [2.45, 2.75) is 33.7 Å². The van der Waals surface area contributed by atoms with Crippen LogP contribution in [0.5, 0.6) is 0 Å². The summed E-state index contributed by atoms with van der Waals surface area (Å²) in [4.78, 5) is 8.23. The molecule has 0 unspecified atom stereocenters. The molecule has 2 aromatic rings. The first-order valence-electron chi connectivity index (χ1n) is 5.81. The number of allylic oxidation sites excluding steroid dienone is 1. The SMILES string of the molecule is C=CCCn1cc(C)c2c(Cl)ncnc21.CC. The summed E-state index contributed by atoms with van der Waals surface area (Å²) in [6.07, 6.45) is 6.36. The highest BCUT2D eigenvalue weighted by Gasteiger charge is 2.09. The van der Waals surface area contributed by atoms with Crippen LogP contribution in [0.3, 0.4) is 0 Å². The van der Waals surface area contributed by atoms with Crippen LogP contribution in [0.25, 0.3) is 11.0 Å². The highest BCUT2D eigenvalue weighted by Crippen LogP contribution is 2.24. The van der Waals surface area contributed by atoms with Gasteiger partial charge in [0, 0.05) is 12.7 Å². The van der Waals surface area contributed by atoms with Crippen LogP contribution in [0.4, 0.5) is 0 Å². The number of hydrogen-bond donors (Lipinski definition) is 0. The predicted octanol–water partition coefficient (Wildman–Crippen LogP) is 4.00. The molecule has 0 aliphatic heterocycles. The van der Waals surface area contributed by atoms with E-state index in [1.54, 1.807) is 0 Å². The molecule has 2 aromatic heterocycles. The van der Waals surface area contributed by atoms with Gasteiger partial charge in [-0.1, -0.05) is 31.5 Å². The van der Waals surface area contributed by atoms with E-state index in [-0.39, 0.29) is 0 Å². The summed E-state index contributed by atoms with van der Waals surface area (Å²) in [7, 11) is 0. The molecule has 0 atom stereocenters. The first kappa shape index (κ1) is 13.7. The minimum atomic E-state index is 0.523. The number of nitrogens with zero attached hydrogens (tertiary/aromatic N) is 3. The maximum absolute atomic E-state index is 6.03. The maximum Gasteiger partial charge on any atom is 0.145 e. The molecule has 92 valence electrons. The smallest absolute Gasteiger partial charge is 0.145 e. The Hall–Kier alpha value is -1.35. The van der Waals surface area contributed by atoms with Gasteiger partial charge in [-0.2, -0.15) is 0 Å². The van der Waals surface area contributed by atoms with Crippen LogP contribution in [0.15, 0.2) is 25.2 Å². The van der Waals surface area contributed by atoms with Gasteiger partial charge in [-0.25, -0.2) is 9.97 Å². The lowest BCUT2D eigenvalue weighted by atomic mass is 10.3. The fourth-order valence-corrected chi connectivity index (χ4v) is 1.95. The highest BCUT2D eigenvalue weighted by molar-refractivity contribution is 6.34. The standard InChI is InChI=1S/C11H12ClN3.C2H6/c1-3-4-5-15-6-8(2)9-10(12)13-7-14-11(9)15;1-2/h3,6-7H,1,4-5H2,2H3;1-2H3. The van der Waals surface area contributed by atoms with E-state index in [0.717, 1.165) is 29.6 Å². The Balaban J connectivity index is 0.000000686. The van der Waals surface area contributed by atoms with Crippen molar-refractivity contribution in [3.63, 3.8) is 0 Å². The molecule has 0 amide bonds. The Kier molecular flexibility index (Phi) is 5.16. The third-order valence-electron chi connectivity index (χ3n) is 2.37. The molecular formula is C13H18ClN3. The van der Waals surface area contributed by atoms with E-state index in [1.165, 1.54) is 6.33 Å². The molecule has 3 nitrogen and oxygen atoms in total. The van der Waals surface area contributed by atoms with Gasteiger partial charge in [0.1, 0.15) is 17.1 Å². The lowest BCUT2D eigenvalue weighted by Crippen LogP contribution is -1.96. The minimum absolute atomic E-state index is 0.523. The highest BCUT2D eigenvalue weighted by atomic mass is 35.5. The van der Waals surface area contributed by atoms with E-state index in [4.69, 9.17) is 11.6 Å². The molecule has 0 aliphatic rings. The molecule has 0 fully saturated rings. The van der Waals surface area contributed by atoms with Crippen molar-refractivity contribution in [3.8, 4) is 0 Å². The monoisotopic (exact) mass is 251 g/mol. The van der Waals surface area contributed by atoms with Gasteiger partial charge in [0.25, 0.3) is 0 Å². The Morgan fingerprint density at radius 1 is 1.41 bits per heavy atom. The molecule has 4 heteroatoms. The fourth-order valence-electron chi connectivity index (χ4n) is 1.67. The topological polar surface area (TPSA) is 30.7 Å². The quantitative estimate of drug-likeness (QED) is 0.610. The molecule has 17 heavy (non-hydrogen) atoms. The van der Waals surface area contributed by atoms with Gasteiger partial charge in [-0.3, -0.25) is 0 Å². The van der Waals surface area contributed by atoms with Crippen LogP contribution < -0.4 is 0 Å². The van der Waals surface area contributed by atoms with Crippen molar-refractivity contribution < 1.29 is 0 Å². The predicted molar refractivity (Wildman–Crippen MR) is 73.4 cm³/mol. The molecule has 2 heterocycles. The van der Waals surface area contributed by atoms with Crippen LogP contribution in [-0.2, 0) is 6.54 Å². The summed E-state index contributed by atoms with van der Waals surface area (Å²) in [5.74, 6) is 0. The number of halogens is 1. The van der Waals surface area contributed by atoms with Gasteiger partial charge in [-0.05, 0) is 18.9 Å². The van der Waals surface area contributed by atoms with E-state index in [1.807, 2.05) is 26.8 Å². The molecule has 0 aromatic carbocycles. The summed E-state index contributed by atoms with van der Waals surface area (Å²) in [5, 5.41) is 1.47. The Bertz CT molecular complexity index is 503. The van der Waals surface area contributed by atoms with E-state index in [9.17, 15) is 0 Å². The second kappa shape index (κ2) is 6.40. The number of rotatable bonds is 3. The normalized spacial score (nSPS) is 9.88. The molecule has 0 saturated heterocycles. The Morgan fingerprint density at radius 2 is 2.12 bits per heavy atom. The van der Waals surface area contributed by atoms with Crippen molar-refractivity contribution in [1.82, 2.24) is 14.5 Å². The van der Waals surface area contributed by atoms with Crippen LogP contribution in [-0.4, -0.2) is 14.5 Å². The third-order valence-corrected chi connectivity index (χ3v) is 2.66. The molecule has 2 rings (SSSR count). The minimum Gasteiger partial charge on any atom is -0.332 e. The average Bonchev–Trinajstić information content (AvgIpc) is 2.68. The van der Waals surface area contributed by atoms with Crippen LogP contribution in [0.2, 0.25) is 5.15 Å². The van der Waals surface area contributed by atoms with Gasteiger partial charge in [0.05, 0.1) is 5.39 Å². The molecule has 0 bridgehead atoms. The third kappa shape index (κ3) is 2.86. The van der Waals surface area contributed by atoms with E-state index in [0.29, 0.717) is 5.15 Å². The fraction of sp³-hybridized carbons (Fsp3) is 0.385. The van der Waals surface area contributed by atoms with Gasteiger partial charge in [0.15, 0.2) is 0 Å². The van der Waals surface area contributed by atoms with Gasteiger partial charge in [0.2, 0.25) is 0 Å². The summed E-state index contributed by atoms with van der Waals surface area (Å²) in [6.45, 7) is 10.6. The zero-order chi connectivity index (χ0) is 12.8. The number of aromatic nitrogens is 3.